The van der Waals surface area contributed by atoms with E-state index in [-0.39, 0.29) is 38.2 Å². The molecule has 1 aromatic heterocycles. The van der Waals surface area contributed by atoms with E-state index in [1.165, 1.54) is 25.7 Å². The zero-order valence-corrected chi connectivity index (χ0v) is 24.5. The number of aliphatic hydroxyl groups excluding tert-OH is 2. The van der Waals surface area contributed by atoms with Gasteiger partial charge < -0.3 is 14.6 Å². The first-order valence-electron chi connectivity index (χ1n) is 13.6. The molecule has 0 amide bonds. The van der Waals surface area contributed by atoms with Crippen LogP contribution in [-0.4, -0.2) is 27.4 Å². The molecule has 2 N–H and O–H groups in total. The average molecular weight is 669 g/mol. The first kappa shape index (κ1) is 29.0. The second-order valence-corrected chi connectivity index (χ2v) is 11.3. The van der Waals surface area contributed by atoms with Gasteiger partial charge in [-0.2, -0.15) is 0 Å². The largest absolute Gasteiger partial charge is 0.481 e. The molecule has 1 radical (unpaired) electrons. The molecule has 2 aliphatic carbocycles. The summed E-state index contributed by atoms with van der Waals surface area (Å²) in [6, 6.07) is 18.5. The van der Waals surface area contributed by atoms with Gasteiger partial charge in [-0.25, -0.2) is 0 Å². The molecule has 36 heavy (non-hydrogen) atoms. The van der Waals surface area contributed by atoms with E-state index in [2.05, 4.69) is 38.7 Å². The Labute approximate surface area is 230 Å². The first-order valence-corrected chi connectivity index (χ1v) is 13.6. The fourth-order valence-corrected chi connectivity index (χ4v) is 6.40. The van der Waals surface area contributed by atoms with Crippen LogP contribution in [0.4, 0.5) is 0 Å². The minimum absolute atomic E-state index is 0. The standard InChI is InChI=1S/C18H34O2.C13H8NO.Ir/c1-11(2)14-9-5-7-13-8-6-10-15(12(3)4)18(20)16(13)17(14)19;1-2-6-10(7-3-1)13-14-11-8-4-5-9-12(11)15-13;/h11-20H,5-10H2,1-4H3;1-6,8-9H;/q;-1;/t13?,14-,15-,16?,17?,18?;;/m1../s1. The Bertz CT molecular complexity index is 989. The summed E-state index contributed by atoms with van der Waals surface area (Å²) >= 11 is 0. The van der Waals surface area contributed by atoms with Gasteiger partial charge in [0.25, 0.3) is 0 Å². The molecule has 2 saturated carbocycles. The third-order valence-electron chi connectivity index (χ3n) is 8.38. The molecular formula is C31H42IrNO3-. The summed E-state index contributed by atoms with van der Waals surface area (Å²) in [6.45, 7) is 8.88. The van der Waals surface area contributed by atoms with Crippen LogP contribution >= 0.6 is 0 Å². The molecule has 2 aliphatic rings. The SMILES string of the molecule is CC(C)[C@H]1CCCC2CCC[C@H](C(C)C)C(O)C2C1O.[Ir].[c-]1ccccc1-c1nc2ccccc2o1. The van der Waals surface area contributed by atoms with E-state index in [1.54, 1.807) is 0 Å². The van der Waals surface area contributed by atoms with Crippen molar-refractivity contribution in [2.45, 2.75) is 78.4 Å². The van der Waals surface area contributed by atoms with Gasteiger partial charge in [-0.05, 0) is 67.4 Å². The Morgan fingerprint density at radius 3 is 1.94 bits per heavy atom. The van der Waals surface area contributed by atoms with E-state index in [0.29, 0.717) is 35.5 Å². The molecule has 3 aromatic rings. The van der Waals surface area contributed by atoms with Crippen LogP contribution in [0.1, 0.15) is 66.2 Å². The Balaban J connectivity index is 0.000000202. The zero-order chi connectivity index (χ0) is 24.9. The van der Waals surface area contributed by atoms with Crippen molar-refractivity contribution in [3.05, 3.63) is 54.6 Å². The Kier molecular flexibility index (Phi) is 10.8. The topological polar surface area (TPSA) is 66.5 Å². The number of hydrogen-bond donors (Lipinski definition) is 2. The van der Waals surface area contributed by atoms with Crippen molar-refractivity contribution >= 4 is 11.1 Å². The number of oxazole rings is 1. The molecule has 0 saturated heterocycles. The fraction of sp³-hybridized carbons (Fsp3) is 0.581. The first-order chi connectivity index (χ1) is 16.9. The maximum absolute atomic E-state index is 10.9. The predicted octanol–water partition coefficient (Wildman–Crippen LogP) is 7.15. The van der Waals surface area contributed by atoms with Crippen molar-refractivity contribution in [1.29, 1.82) is 0 Å². The number of benzene rings is 2. The summed E-state index contributed by atoms with van der Waals surface area (Å²) in [6.07, 6.45) is 6.49. The number of fused-ring (bicyclic) bond motifs is 2. The van der Waals surface area contributed by atoms with Crippen molar-refractivity contribution in [3.63, 3.8) is 0 Å². The van der Waals surface area contributed by atoms with E-state index in [9.17, 15) is 10.2 Å². The third-order valence-corrected chi connectivity index (χ3v) is 8.38. The number of aliphatic hydroxyl groups is 2. The zero-order valence-electron chi connectivity index (χ0n) is 22.1. The molecule has 4 nitrogen and oxygen atoms in total. The van der Waals surface area contributed by atoms with Crippen LogP contribution < -0.4 is 0 Å². The maximum Gasteiger partial charge on any atom is 0.141 e. The summed E-state index contributed by atoms with van der Waals surface area (Å²) in [5.74, 6) is 3.02. The van der Waals surface area contributed by atoms with Crippen molar-refractivity contribution in [1.82, 2.24) is 4.98 Å². The molecular weight excluding hydrogens is 627 g/mol. The van der Waals surface area contributed by atoms with E-state index in [0.717, 1.165) is 29.5 Å². The van der Waals surface area contributed by atoms with Crippen molar-refractivity contribution in [3.8, 4) is 11.5 Å². The van der Waals surface area contributed by atoms with Crippen LogP contribution in [0.5, 0.6) is 0 Å². The molecule has 0 aliphatic heterocycles. The Morgan fingerprint density at radius 1 is 0.833 bits per heavy atom. The summed E-state index contributed by atoms with van der Waals surface area (Å²) in [7, 11) is 0. The van der Waals surface area contributed by atoms with Crippen LogP contribution in [0, 0.1) is 41.6 Å². The molecule has 0 spiro atoms. The van der Waals surface area contributed by atoms with Gasteiger partial charge in [0.1, 0.15) is 11.5 Å². The quantitative estimate of drug-likeness (QED) is 0.291. The summed E-state index contributed by atoms with van der Waals surface area (Å²) in [5.41, 5.74) is 2.57. The predicted molar refractivity (Wildman–Crippen MR) is 142 cm³/mol. The number of hydrogen-bond acceptors (Lipinski definition) is 4. The van der Waals surface area contributed by atoms with E-state index >= 15 is 0 Å². The third kappa shape index (κ3) is 6.67. The number of nitrogens with zero attached hydrogens (tertiary/aromatic N) is 1. The molecule has 199 valence electrons. The van der Waals surface area contributed by atoms with Crippen molar-refractivity contribution in [2.75, 3.05) is 0 Å². The molecule has 5 rings (SSSR count). The van der Waals surface area contributed by atoms with E-state index < -0.39 is 0 Å². The van der Waals surface area contributed by atoms with Crippen LogP contribution in [0.2, 0.25) is 0 Å². The van der Waals surface area contributed by atoms with Gasteiger partial charge in [0, 0.05) is 26.0 Å². The van der Waals surface area contributed by atoms with Gasteiger partial charge >= 0.3 is 0 Å². The second kappa shape index (κ2) is 13.3. The summed E-state index contributed by atoms with van der Waals surface area (Å²) in [5, 5.41) is 21.9. The maximum atomic E-state index is 10.9. The molecule has 2 unspecified atom stereocenters. The molecule has 1 heterocycles. The molecule has 2 aromatic carbocycles. The number of aromatic nitrogens is 1. The van der Waals surface area contributed by atoms with E-state index in [1.807, 2.05) is 48.5 Å². The Hall–Kier alpha value is -1.52. The Morgan fingerprint density at radius 2 is 1.42 bits per heavy atom. The van der Waals surface area contributed by atoms with Gasteiger partial charge in [-0.3, -0.25) is 4.98 Å². The normalized spacial score (nSPS) is 28.4. The second-order valence-electron chi connectivity index (χ2n) is 11.3. The fourth-order valence-electron chi connectivity index (χ4n) is 6.40. The van der Waals surface area contributed by atoms with Gasteiger partial charge in [-0.15, -0.1) is 30.3 Å². The minimum atomic E-state index is -0.308. The van der Waals surface area contributed by atoms with Gasteiger partial charge in [0.05, 0.1) is 17.7 Å². The summed E-state index contributed by atoms with van der Waals surface area (Å²) < 4.78 is 5.61. The number of para-hydroxylation sites is 2. The van der Waals surface area contributed by atoms with Crippen LogP contribution in [0.3, 0.4) is 0 Å². The van der Waals surface area contributed by atoms with Crippen molar-refractivity contribution < 1.29 is 34.7 Å². The summed E-state index contributed by atoms with van der Waals surface area (Å²) in [4.78, 5) is 4.39. The monoisotopic (exact) mass is 669 g/mol. The molecule has 0 bridgehead atoms. The van der Waals surface area contributed by atoms with Crippen LogP contribution in [0.25, 0.3) is 22.6 Å². The van der Waals surface area contributed by atoms with Crippen molar-refractivity contribution in [2.24, 2.45) is 35.5 Å². The van der Waals surface area contributed by atoms with Gasteiger partial charge in [0.2, 0.25) is 0 Å². The molecule has 4 atom stereocenters. The number of rotatable bonds is 3. The van der Waals surface area contributed by atoms with E-state index in [4.69, 9.17) is 4.42 Å². The average Bonchev–Trinajstić information content (AvgIpc) is 3.12. The van der Waals surface area contributed by atoms with Crippen LogP contribution in [-0.2, 0) is 20.1 Å². The van der Waals surface area contributed by atoms with Gasteiger partial charge in [0.15, 0.2) is 0 Å². The smallest absolute Gasteiger partial charge is 0.141 e. The van der Waals surface area contributed by atoms with Crippen LogP contribution in [0.15, 0.2) is 52.9 Å². The molecule has 2 fully saturated rings. The minimum Gasteiger partial charge on any atom is -0.481 e. The van der Waals surface area contributed by atoms with Gasteiger partial charge in [-0.1, -0.05) is 58.2 Å². The molecule has 5 heteroatoms.